The van der Waals surface area contributed by atoms with Crippen molar-refractivity contribution in [3.05, 3.63) is 18.0 Å². The maximum atomic E-state index is 11.5. The summed E-state index contributed by atoms with van der Waals surface area (Å²) in [6.45, 7) is 5.68. The summed E-state index contributed by atoms with van der Waals surface area (Å²) in [5.41, 5.74) is 0.866. The molecule has 1 atom stereocenters. The third-order valence-electron chi connectivity index (χ3n) is 1.55. The number of aryl methyl sites for hydroxylation is 1. The summed E-state index contributed by atoms with van der Waals surface area (Å²) in [6.07, 6.45) is 5.10. The fourth-order valence-corrected chi connectivity index (χ4v) is 1.31. The Morgan fingerprint density at radius 3 is 2.64 bits per heavy atom. The van der Waals surface area contributed by atoms with Crippen molar-refractivity contribution in [3.8, 4) is 0 Å². The molecule has 0 radical (unpaired) electrons. The second-order valence-corrected chi connectivity index (χ2v) is 5.98. The molecule has 0 aliphatic carbocycles. The van der Waals surface area contributed by atoms with Crippen LogP contribution in [-0.4, -0.2) is 25.3 Å². The molecule has 1 aromatic heterocycles. The lowest BCUT2D eigenvalue weighted by molar-refractivity contribution is 0.562. The van der Waals surface area contributed by atoms with E-state index in [9.17, 15) is 4.55 Å². The molecule has 1 heterocycles. The third-order valence-corrected chi connectivity index (χ3v) is 2.89. The summed E-state index contributed by atoms with van der Waals surface area (Å²) >= 11 is -1.20. The Morgan fingerprint density at radius 2 is 2.21 bits per heavy atom. The average molecular weight is 213 g/mol. The first-order chi connectivity index (χ1) is 6.39. The summed E-state index contributed by atoms with van der Waals surface area (Å²) in [6, 6.07) is 0. The molecule has 0 N–H and O–H groups in total. The monoisotopic (exact) mass is 213 g/mol. The molecule has 0 saturated carbocycles. The minimum absolute atomic E-state index is 0.307. The van der Waals surface area contributed by atoms with Crippen LogP contribution in [-0.2, 0) is 18.4 Å². The SMILES string of the molecule is Cn1cc(C=N[S@+]([O-])C(C)(C)C)cn1. The molecule has 1 aromatic rings. The highest BCUT2D eigenvalue weighted by atomic mass is 32.2. The minimum Gasteiger partial charge on any atom is -0.591 e. The highest BCUT2D eigenvalue weighted by Gasteiger charge is 2.25. The van der Waals surface area contributed by atoms with Gasteiger partial charge in [0.2, 0.25) is 0 Å². The number of hydrogen-bond donors (Lipinski definition) is 0. The quantitative estimate of drug-likeness (QED) is 0.549. The molecule has 0 spiro atoms. The van der Waals surface area contributed by atoms with E-state index >= 15 is 0 Å². The maximum Gasteiger partial charge on any atom is 0.144 e. The lowest BCUT2D eigenvalue weighted by Crippen LogP contribution is -2.25. The fourth-order valence-electron chi connectivity index (χ4n) is 0.774. The van der Waals surface area contributed by atoms with Crippen LogP contribution in [0.2, 0.25) is 0 Å². The van der Waals surface area contributed by atoms with Gasteiger partial charge in [-0.15, -0.1) is 0 Å². The molecule has 0 amide bonds. The molecule has 5 heteroatoms. The van der Waals surface area contributed by atoms with E-state index in [4.69, 9.17) is 0 Å². The molecule has 0 aliphatic heterocycles. The van der Waals surface area contributed by atoms with Crippen molar-refractivity contribution in [1.29, 1.82) is 0 Å². The Morgan fingerprint density at radius 1 is 1.57 bits per heavy atom. The van der Waals surface area contributed by atoms with Gasteiger partial charge < -0.3 is 4.55 Å². The van der Waals surface area contributed by atoms with Crippen LogP contribution in [0.1, 0.15) is 26.3 Å². The van der Waals surface area contributed by atoms with Gasteiger partial charge in [-0.25, -0.2) is 0 Å². The van der Waals surface area contributed by atoms with Crippen molar-refractivity contribution < 1.29 is 4.55 Å². The minimum atomic E-state index is -1.20. The Balaban J connectivity index is 2.65. The fraction of sp³-hybridized carbons (Fsp3) is 0.556. The molecule has 14 heavy (non-hydrogen) atoms. The Labute approximate surface area is 87.4 Å². The van der Waals surface area contributed by atoms with E-state index in [0.29, 0.717) is 0 Å². The van der Waals surface area contributed by atoms with E-state index in [2.05, 4.69) is 9.50 Å². The van der Waals surface area contributed by atoms with E-state index in [-0.39, 0.29) is 4.75 Å². The average Bonchev–Trinajstić information content (AvgIpc) is 2.45. The largest absolute Gasteiger partial charge is 0.591 e. The summed E-state index contributed by atoms with van der Waals surface area (Å²) in [4.78, 5) is 0. The lowest BCUT2D eigenvalue weighted by atomic mass is 10.3. The summed E-state index contributed by atoms with van der Waals surface area (Å²) in [5, 5.41) is 3.98. The van der Waals surface area contributed by atoms with Gasteiger partial charge >= 0.3 is 0 Å². The lowest BCUT2D eigenvalue weighted by Gasteiger charge is -2.17. The molecular weight excluding hydrogens is 198 g/mol. The van der Waals surface area contributed by atoms with Crippen molar-refractivity contribution in [1.82, 2.24) is 9.78 Å². The Hall–Kier alpha value is -0.810. The Kier molecular flexibility index (Phi) is 3.34. The predicted octanol–water partition coefficient (Wildman–Crippen LogP) is 1.30. The Bertz CT molecular complexity index is 327. The maximum absolute atomic E-state index is 11.5. The first kappa shape index (κ1) is 11.3. The van der Waals surface area contributed by atoms with E-state index in [0.717, 1.165) is 5.56 Å². The van der Waals surface area contributed by atoms with Crippen LogP contribution in [0.3, 0.4) is 0 Å². The number of nitrogens with zero attached hydrogens (tertiary/aromatic N) is 3. The van der Waals surface area contributed by atoms with Gasteiger partial charge in [-0.1, -0.05) is 4.40 Å². The van der Waals surface area contributed by atoms with Crippen LogP contribution in [0.4, 0.5) is 0 Å². The molecule has 0 aromatic carbocycles. The van der Waals surface area contributed by atoms with Gasteiger partial charge in [-0.3, -0.25) is 4.68 Å². The molecule has 78 valence electrons. The van der Waals surface area contributed by atoms with E-state index in [1.165, 1.54) is 0 Å². The first-order valence-electron chi connectivity index (χ1n) is 4.34. The number of rotatable bonds is 2. The zero-order chi connectivity index (χ0) is 10.8. The molecule has 0 fully saturated rings. The molecule has 1 rings (SSSR count). The topological polar surface area (TPSA) is 53.2 Å². The van der Waals surface area contributed by atoms with Gasteiger partial charge in [-0.05, 0) is 20.8 Å². The summed E-state index contributed by atoms with van der Waals surface area (Å²) < 4.78 is 16.9. The van der Waals surface area contributed by atoms with Crippen LogP contribution >= 0.6 is 0 Å². The highest BCUT2D eigenvalue weighted by molar-refractivity contribution is 7.91. The van der Waals surface area contributed by atoms with E-state index in [1.807, 2.05) is 34.0 Å². The molecule has 4 nitrogen and oxygen atoms in total. The van der Waals surface area contributed by atoms with Crippen LogP contribution in [0, 0.1) is 0 Å². The second kappa shape index (κ2) is 4.14. The van der Waals surface area contributed by atoms with Crippen LogP contribution in [0.25, 0.3) is 0 Å². The first-order valence-corrected chi connectivity index (χ1v) is 5.45. The standard InChI is InChI=1S/C9H15N3OS/c1-9(2,3)14(13)11-6-8-5-10-12(4)7-8/h5-7H,1-4H3/t14-/m1/s1. The van der Waals surface area contributed by atoms with Gasteiger partial charge in [0.15, 0.2) is 0 Å². The number of hydrogen-bond acceptors (Lipinski definition) is 3. The summed E-state index contributed by atoms with van der Waals surface area (Å²) in [5.74, 6) is 0. The smallest absolute Gasteiger partial charge is 0.144 e. The van der Waals surface area contributed by atoms with Crippen molar-refractivity contribution in [2.45, 2.75) is 25.5 Å². The second-order valence-electron chi connectivity index (χ2n) is 4.04. The van der Waals surface area contributed by atoms with E-state index in [1.54, 1.807) is 17.1 Å². The van der Waals surface area contributed by atoms with Crippen LogP contribution in [0.15, 0.2) is 16.8 Å². The number of aromatic nitrogens is 2. The predicted molar refractivity (Wildman–Crippen MR) is 58.7 cm³/mol. The van der Waals surface area contributed by atoms with Crippen LogP contribution < -0.4 is 0 Å². The van der Waals surface area contributed by atoms with Gasteiger partial charge in [0.25, 0.3) is 0 Å². The zero-order valence-corrected chi connectivity index (χ0v) is 9.71. The normalized spacial score (nSPS) is 14.9. The van der Waals surface area contributed by atoms with Gasteiger partial charge in [0.05, 0.1) is 12.4 Å². The van der Waals surface area contributed by atoms with Crippen molar-refractivity contribution in [2.75, 3.05) is 0 Å². The third kappa shape index (κ3) is 3.16. The molecule has 0 unspecified atom stereocenters. The van der Waals surface area contributed by atoms with Gasteiger partial charge in [0.1, 0.15) is 16.1 Å². The summed E-state index contributed by atoms with van der Waals surface area (Å²) in [7, 11) is 1.83. The molecule has 0 aliphatic rings. The van der Waals surface area contributed by atoms with Crippen molar-refractivity contribution in [3.63, 3.8) is 0 Å². The van der Waals surface area contributed by atoms with Gasteiger partial charge in [-0.2, -0.15) is 5.10 Å². The van der Waals surface area contributed by atoms with Gasteiger partial charge in [0, 0.05) is 18.8 Å². The molecular formula is C9H15N3OS. The van der Waals surface area contributed by atoms with E-state index < -0.39 is 11.4 Å². The van der Waals surface area contributed by atoms with Crippen LogP contribution in [0.5, 0.6) is 0 Å². The molecule has 0 saturated heterocycles. The van der Waals surface area contributed by atoms with Crippen molar-refractivity contribution in [2.24, 2.45) is 11.4 Å². The highest BCUT2D eigenvalue weighted by Crippen LogP contribution is 2.16. The molecule has 0 bridgehead atoms. The zero-order valence-electron chi connectivity index (χ0n) is 8.89. The van der Waals surface area contributed by atoms with Crippen molar-refractivity contribution >= 4 is 17.6 Å².